The van der Waals surface area contributed by atoms with Gasteiger partial charge in [-0.15, -0.1) is 0 Å². The summed E-state index contributed by atoms with van der Waals surface area (Å²) in [5.74, 6) is 1.08. The third-order valence-corrected chi connectivity index (χ3v) is 5.37. The third-order valence-electron chi connectivity index (χ3n) is 5.37. The molecule has 0 aromatic heterocycles. The van der Waals surface area contributed by atoms with E-state index in [1.807, 2.05) is 0 Å². The molecule has 0 amide bonds. The van der Waals surface area contributed by atoms with Crippen molar-refractivity contribution in [2.24, 2.45) is 5.41 Å². The molecule has 19 heavy (non-hydrogen) atoms. The Kier molecular flexibility index (Phi) is 2.47. The molecule has 2 nitrogen and oxygen atoms in total. The standard InChI is InChI=1S/C17H23NO/c1-19-15-5-3-2-4-14(15)17(12-18-13-6-7-13)10-16(11-17)8-9-16/h2-5,13,18H,6-12H2,1H3. The van der Waals surface area contributed by atoms with Crippen molar-refractivity contribution >= 4 is 0 Å². The van der Waals surface area contributed by atoms with E-state index in [0.717, 1.165) is 18.3 Å². The summed E-state index contributed by atoms with van der Waals surface area (Å²) < 4.78 is 5.61. The van der Waals surface area contributed by atoms with Crippen LogP contribution in [0.1, 0.15) is 44.1 Å². The number of para-hydroxylation sites is 1. The maximum Gasteiger partial charge on any atom is 0.122 e. The molecule has 0 atom stereocenters. The van der Waals surface area contributed by atoms with Crippen molar-refractivity contribution in [1.29, 1.82) is 0 Å². The summed E-state index contributed by atoms with van der Waals surface area (Å²) in [6.45, 7) is 1.14. The van der Waals surface area contributed by atoms with Crippen molar-refractivity contribution in [3.63, 3.8) is 0 Å². The number of ether oxygens (including phenoxy) is 1. The molecule has 3 aliphatic rings. The van der Waals surface area contributed by atoms with Crippen molar-refractivity contribution in [3.8, 4) is 5.75 Å². The molecule has 0 heterocycles. The Hall–Kier alpha value is -1.02. The van der Waals surface area contributed by atoms with E-state index in [2.05, 4.69) is 29.6 Å². The van der Waals surface area contributed by atoms with Crippen molar-refractivity contribution in [3.05, 3.63) is 29.8 Å². The molecular formula is C17H23NO. The molecule has 4 rings (SSSR count). The Labute approximate surface area is 115 Å². The van der Waals surface area contributed by atoms with E-state index < -0.39 is 0 Å². The minimum absolute atomic E-state index is 0.339. The summed E-state index contributed by atoms with van der Waals surface area (Å²) in [5, 5.41) is 3.76. The smallest absolute Gasteiger partial charge is 0.122 e. The van der Waals surface area contributed by atoms with Crippen molar-refractivity contribution in [2.45, 2.75) is 50.0 Å². The summed E-state index contributed by atoms with van der Waals surface area (Å²) in [5.41, 5.74) is 2.49. The van der Waals surface area contributed by atoms with Gasteiger partial charge in [0.25, 0.3) is 0 Å². The largest absolute Gasteiger partial charge is 0.496 e. The zero-order valence-electron chi connectivity index (χ0n) is 11.7. The van der Waals surface area contributed by atoms with Gasteiger partial charge in [0.05, 0.1) is 7.11 Å². The van der Waals surface area contributed by atoms with E-state index in [-0.39, 0.29) is 0 Å². The SMILES string of the molecule is COc1ccccc1C1(CNC2CC2)CC2(CC2)C1. The Morgan fingerprint density at radius 2 is 1.95 bits per heavy atom. The molecular weight excluding hydrogens is 234 g/mol. The van der Waals surface area contributed by atoms with Gasteiger partial charge in [0, 0.05) is 23.6 Å². The Morgan fingerprint density at radius 3 is 2.58 bits per heavy atom. The predicted octanol–water partition coefficient (Wildman–Crippen LogP) is 3.26. The average molecular weight is 257 g/mol. The minimum Gasteiger partial charge on any atom is -0.496 e. The zero-order valence-corrected chi connectivity index (χ0v) is 11.7. The maximum absolute atomic E-state index is 5.61. The average Bonchev–Trinajstić information content (AvgIpc) is 3.28. The first-order chi connectivity index (χ1) is 9.25. The van der Waals surface area contributed by atoms with E-state index in [4.69, 9.17) is 4.74 Å². The van der Waals surface area contributed by atoms with Gasteiger partial charge < -0.3 is 10.1 Å². The van der Waals surface area contributed by atoms with Crippen molar-refractivity contribution < 1.29 is 4.74 Å². The second-order valence-electron chi connectivity index (χ2n) is 6.99. The zero-order chi connectivity index (χ0) is 12.9. The fourth-order valence-electron chi connectivity index (χ4n) is 4.03. The van der Waals surface area contributed by atoms with Gasteiger partial charge in [0.2, 0.25) is 0 Å². The molecule has 0 radical (unpaired) electrons. The van der Waals surface area contributed by atoms with Gasteiger partial charge in [-0.1, -0.05) is 18.2 Å². The lowest BCUT2D eigenvalue weighted by molar-refractivity contribution is 0.112. The van der Waals surface area contributed by atoms with Crippen LogP contribution in [0.2, 0.25) is 0 Å². The highest BCUT2D eigenvalue weighted by molar-refractivity contribution is 5.44. The number of hydrogen-bond acceptors (Lipinski definition) is 2. The molecule has 0 bridgehead atoms. The van der Waals surface area contributed by atoms with Crippen LogP contribution in [-0.4, -0.2) is 19.7 Å². The molecule has 1 N–H and O–H groups in total. The summed E-state index contributed by atoms with van der Waals surface area (Å²) in [6, 6.07) is 9.43. The molecule has 1 aromatic rings. The first kappa shape index (κ1) is 11.8. The summed E-state index contributed by atoms with van der Waals surface area (Å²) in [4.78, 5) is 0. The Morgan fingerprint density at radius 1 is 1.21 bits per heavy atom. The van der Waals surface area contributed by atoms with Gasteiger partial charge in [0.15, 0.2) is 0 Å². The number of nitrogens with one attached hydrogen (secondary N) is 1. The van der Waals surface area contributed by atoms with Gasteiger partial charge in [0.1, 0.15) is 5.75 Å². The summed E-state index contributed by atoms with van der Waals surface area (Å²) in [6.07, 6.45) is 8.36. The van der Waals surface area contributed by atoms with Gasteiger partial charge in [-0.05, 0) is 50.0 Å². The van der Waals surface area contributed by atoms with Crippen LogP contribution in [-0.2, 0) is 5.41 Å². The van der Waals surface area contributed by atoms with Crippen LogP contribution in [0.3, 0.4) is 0 Å². The van der Waals surface area contributed by atoms with Crippen molar-refractivity contribution in [2.75, 3.05) is 13.7 Å². The Balaban J connectivity index is 1.61. The van der Waals surface area contributed by atoms with Crippen LogP contribution in [0.25, 0.3) is 0 Å². The summed E-state index contributed by atoms with van der Waals surface area (Å²) >= 11 is 0. The van der Waals surface area contributed by atoms with E-state index in [9.17, 15) is 0 Å². The maximum atomic E-state index is 5.61. The highest BCUT2D eigenvalue weighted by atomic mass is 16.5. The third kappa shape index (κ3) is 1.97. The summed E-state index contributed by atoms with van der Waals surface area (Å²) in [7, 11) is 1.80. The molecule has 3 aliphatic carbocycles. The molecule has 3 fully saturated rings. The van der Waals surface area contributed by atoms with Crippen LogP contribution in [0.15, 0.2) is 24.3 Å². The van der Waals surface area contributed by atoms with Crippen LogP contribution in [0.4, 0.5) is 0 Å². The van der Waals surface area contributed by atoms with Crippen LogP contribution in [0.5, 0.6) is 5.75 Å². The van der Waals surface area contributed by atoms with E-state index >= 15 is 0 Å². The molecule has 102 valence electrons. The van der Waals surface area contributed by atoms with Crippen molar-refractivity contribution in [1.82, 2.24) is 5.32 Å². The first-order valence-electron chi connectivity index (χ1n) is 7.62. The van der Waals surface area contributed by atoms with E-state index in [0.29, 0.717) is 10.8 Å². The normalized spacial score (nSPS) is 25.9. The van der Waals surface area contributed by atoms with Crippen LogP contribution >= 0.6 is 0 Å². The monoisotopic (exact) mass is 257 g/mol. The highest BCUT2D eigenvalue weighted by Gasteiger charge is 2.61. The van der Waals surface area contributed by atoms with Gasteiger partial charge in [-0.25, -0.2) is 0 Å². The lowest BCUT2D eigenvalue weighted by atomic mass is 9.56. The number of rotatable bonds is 5. The number of benzene rings is 1. The fraction of sp³-hybridized carbons (Fsp3) is 0.647. The molecule has 0 unspecified atom stereocenters. The second-order valence-corrected chi connectivity index (χ2v) is 6.99. The molecule has 1 spiro atoms. The minimum atomic E-state index is 0.339. The van der Waals surface area contributed by atoms with E-state index in [1.165, 1.54) is 44.1 Å². The van der Waals surface area contributed by atoms with Crippen LogP contribution < -0.4 is 10.1 Å². The van der Waals surface area contributed by atoms with Crippen LogP contribution in [0, 0.1) is 5.41 Å². The molecule has 2 heteroatoms. The molecule has 0 aliphatic heterocycles. The number of methoxy groups -OCH3 is 1. The molecule has 1 aromatic carbocycles. The lowest BCUT2D eigenvalue weighted by Crippen LogP contribution is -2.50. The van der Waals surface area contributed by atoms with Gasteiger partial charge in [-0.3, -0.25) is 0 Å². The second kappa shape index (κ2) is 3.99. The highest BCUT2D eigenvalue weighted by Crippen LogP contribution is 2.69. The Bertz CT molecular complexity index is 480. The first-order valence-corrected chi connectivity index (χ1v) is 7.62. The number of hydrogen-bond donors (Lipinski definition) is 1. The fourth-order valence-corrected chi connectivity index (χ4v) is 4.03. The van der Waals surface area contributed by atoms with E-state index in [1.54, 1.807) is 7.11 Å². The lowest BCUT2D eigenvalue weighted by Gasteiger charge is -2.50. The molecule has 3 saturated carbocycles. The van der Waals surface area contributed by atoms with Gasteiger partial charge in [-0.2, -0.15) is 0 Å². The molecule has 0 saturated heterocycles. The predicted molar refractivity (Wildman–Crippen MR) is 76.6 cm³/mol. The quantitative estimate of drug-likeness (QED) is 0.874. The van der Waals surface area contributed by atoms with Gasteiger partial charge >= 0.3 is 0 Å². The topological polar surface area (TPSA) is 21.3 Å².